The number of carboxylic acid groups (broad SMARTS) is 1. The fraction of sp³-hybridized carbons (Fsp3) is 0.0952. The molecule has 0 atom stereocenters. The summed E-state index contributed by atoms with van der Waals surface area (Å²) in [5, 5.41) is 14.5. The first-order valence-corrected chi connectivity index (χ1v) is 10.1. The van der Waals surface area contributed by atoms with Crippen molar-refractivity contribution in [3.63, 3.8) is 0 Å². The molecule has 0 unspecified atom stereocenters. The van der Waals surface area contributed by atoms with Crippen molar-refractivity contribution in [1.82, 2.24) is 20.3 Å². The SMILES string of the molecule is CCNC(=O)Nc1nc2c(F)c(-c3ccc(C(=O)O)nc3)cc(-c3ccccn3)c2s1.[Li]. The van der Waals surface area contributed by atoms with E-state index in [9.17, 15) is 9.59 Å². The molecule has 0 aliphatic carbocycles. The van der Waals surface area contributed by atoms with Gasteiger partial charge < -0.3 is 10.4 Å². The van der Waals surface area contributed by atoms with Crippen molar-refractivity contribution in [3.05, 3.63) is 60.3 Å². The minimum atomic E-state index is -1.17. The maximum Gasteiger partial charge on any atom is 0.354 e. The van der Waals surface area contributed by atoms with E-state index in [1.54, 1.807) is 31.3 Å². The average molecular weight is 444 g/mol. The number of aromatic carboxylic acids is 1. The van der Waals surface area contributed by atoms with Crippen molar-refractivity contribution in [2.45, 2.75) is 6.92 Å². The summed E-state index contributed by atoms with van der Waals surface area (Å²) in [5.41, 5.74) is 1.78. The Kier molecular flexibility index (Phi) is 7.20. The van der Waals surface area contributed by atoms with E-state index in [2.05, 4.69) is 25.6 Å². The predicted octanol–water partition coefficient (Wildman–Crippen LogP) is 4.02. The summed E-state index contributed by atoms with van der Waals surface area (Å²) in [6.07, 6.45) is 2.93. The number of nitrogens with one attached hydrogen (secondary N) is 2. The standard InChI is InChI=1S/C21H16FN5O3S.Li/c1-2-23-20(30)27-21-26-17-16(22)12(11-6-7-15(19(28)29)25-10-11)9-13(18(17)31-21)14-5-3-4-8-24-14;/h3-10H,2H2,1H3,(H,28,29)(H2,23,26,27,30);. The number of urea groups is 1. The molecule has 3 N–H and O–H groups in total. The number of hydrogen-bond acceptors (Lipinski definition) is 6. The van der Waals surface area contributed by atoms with Crippen molar-refractivity contribution >= 4 is 57.5 Å². The third-order valence-corrected chi connectivity index (χ3v) is 5.40. The van der Waals surface area contributed by atoms with Crippen LogP contribution in [-0.4, -0.2) is 57.5 Å². The number of halogens is 1. The Labute approximate surface area is 198 Å². The van der Waals surface area contributed by atoms with Gasteiger partial charge in [0.2, 0.25) is 0 Å². The number of anilines is 1. The second-order valence-corrected chi connectivity index (χ2v) is 7.42. The zero-order chi connectivity index (χ0) is 22.0. The predicted molar refractivity (Wildman–Crippen MR) is 121 cm³/mol. The van der Waals surface area contributed by atoms with Crippen molar-refractivity contribution in [1.29, 1.82) is 0 Å². The number of carbonyl (C=O) groups excluding carboxylic acids is 1. The van der Waals surface area contributed by atoms with Gasteiger partial charge in [0, 0.05) is 54.5 Å². The molecule has 0 saturated heterocycles. The third-order valence-electron chi connectivity index (χ3n) is 4.40. The summed E-state index contributed by atoms with van der Waals surface area (Å²) >= 11 is 1.14. The van der Waals surface area contributed by atoms with Gasteiger partial charge in [0.15, 0.2) is 10.9 Å². The molecule has 4 rings (SSSR count). The Morgan fingerprint density at radius 2 is 1.97 bits per heavy atom. The smallest absolute Gasteiger partial charge is 0.354 e. The summed E-state index contributed by atoms with van der Waals surface area (Å²) in [7, 11) is 0. The normalized spacial score (nSPS) is 10.4. The van der Waals surface area contributed by atoms with Crippen molar-refractivity contribution < 1.29 is 19.1 Å². The van der Waals surface area contributed by atoms with Crippen LogP contribution in [-0.2, 0) is 0 Å². The summed E-state index contributed by atoms with van der Waals surface area (Å²) in [6, 6.07) is 9.37. The first-order chi connectivity index (χ1) is 15.0. The van der Waals surface area contributed by atoms with Crippen LogP contribution < -0.4 is 10.6 Å². The van der Waals surface area contributed by atoms with Gasteiger partial charge in [0.25, 0.3) is 0 Å². The molecule has 1 radical (unpaired) electrons. The van der Waals surface area contributed by atoms with Gasteiger partial charge in [-0.15, -0.1) is 0 Å². The summed E-state index contributed by atoms with van der Waals surface area (Å²) in [5.74, 6) is -1.77. The average Bonchev–Trinajstić information content (AvgIpc) is 3.19. The second kappa shape index (κ2) is 9.87. The number of nitrogens with zero attached hydrogens (tertiary/aromatic N) is 3. The summed E-state index contributed by atoms with van der Waals surface area (Å²) in [6.45, 7) is 2.22. The van der Waals surface area contributed by atoms with Crippen LogP contribution in [0, 0.1) is 5.82 Å². The van der Waals surface area contributed by atoms with E-state index >= 15 is 4.39 Å². The molecule has 0 aliphatic rings. The number of carboxylic acids is 1. The van der Waals surface area contributed by atoms with Crippen LogP contribution in [0.2, 0.25) is 0 Å². The zero-order valence-electron chi connectivity index (χ0n) is 17.2. The van der Waals surface area contributed by atoms with Crippen LogP contribution >= 0.6 is 11.3 Å². The van der Waals surface area contributed by atoms with Gasteiger partial charge in [-0.3, -0.25) is 10.3 Å². The van der Waals surface area contributed by atoms with E-state index in [4.69, 9.17) is 5.11 Å². The number of rotatable bonds is 5. The second-order valence-electron chi connectivity index (χ2n) is 6.42. The van der Waals surface area contributed by atoms with E-state index in [0.29, 0.717) is 28.1 Å². The first-order valence-electron chi connectivity index (χ1n) is 9.27. The van der Waals surface area contributed by atoms with Crippen molar-refractivity contribution in [2.24, 2.45) is 0 Å². The van der Waals surface area contributed by atoms with Crippen LogP contribution in [0.4, 0.5) is 14.3 Å². The molecule has 3 aromatic heterocycles. The monoisotopic (exact) mass is 444 g/mol. The van der Waals surface area contributed by atoms with Crippen molar-refractivity contribution in [3.8, 4) is 22.4 Å². The quantitative estimate of drug-likeness (QED) is 0.401. The van der Waals surface area contributed by atoms with E-state index in [1.165, 1.54) is 18.3 Å². The van der Waals surface area contributed by atoms with Crippen LogP contribution in [0.5, 0.6) is 0 Å². The van der Waals surface area contributed by atoms with E-state index in [-0.39, 0.29) is 40.8 Å². The number of pyridine rings is 2. The number of aromatic nitrogens is 3. The van der Waals surface area contributed by atoms with Gasteiger partial charge in [-0.05, 0) is 31.2 Å². The number of hydrogen-bond donors (Lipinski definition) is 3. The Morgan fingerprint density at radius 3 is 2.59 bits per heavy atom. The van der Waals surface area contributed by atoms with Gasteiger partial charge in [-0.25, -0.2) is 23.9 Å². The van der Waals surface area contributed by atoms with Crippen LogP contribution in [0.25, 0.3) is 32.6 Å². The first kappa shape index (κ1) is 23.3. The Bertz CT molecular complexity index is 1280. The Morgan fingerprint density at radius 1 is 1.16 bits per heavy atom. The van der Waals surface area contributed by atoms with Gasteiger partial charge in [0.1, 0.15) is 11.2 Å². The Hall–Kier alpha value is -3.32. The number of carbonyl (C=O) groups is 2. The number of fused-ring (bicyclic) bond motifs is 1. The zero-order valence-corrected chi connectivity index (χ0v) is 18.0. The van der Waals surface area contributed by atoms with Gasteiger partial charge >= 0.3 is 12.0 Å². The largest absolute Gasteiger partial charge is 0.477 e. The minimum absolute atomic E-state index is 0. The summed E-state index contributed by atoms with van der Waals surface area (Å²) in [4.78, 5) is 35.5. The molecule has 157 valence electrons. The molecular formula is C21H16FLiN5O3S. The van der Waals surface area contributed by atoms with E-state index in [1.807, 2.05) is 6.07 Å². The minimum Gasteiger partial charge on any atom is -0.477 e. The van der Waals surface area contributed by atoms with Crippen LogP contribution in [0.1, 0.15) is 17.4 Å². The molecule has 0 bridgehead atoms. The molecule has 2 amide bonds. The number of amides is 2. The fourth-order valence-electron chi connectivity index (χ4n) is 3.01. The van der Waals surface area contributed by atoms with E-state index in [0.717, 1.165) is 11.3 Å². The maximum atomic E-state index is 15.5. The topological polar surface area (TPSA) is 117 Å². The third kappa shape index (κ3) is 4.62. The molecule has 11 heteroatoms. The Balaban J connectivity index is 0.00000289. The van der Waals surface area contributed by atoms with Crippen LogP contribution in [0.15, 0.2) is 48.8 Å². The molecule has 8 nitrogen and oxygen atoms in total. The molecular weight excluding hydrogens is 428 g/mol. The maximum absolute atomic E-state index is 15.5. The van der Waals surface area contributed by atoms with E-state index < -0.39 is 17.8 Å². The van der Waals surface area contributed by atoms with Gasteiger partial charge in [-0.2, -0.15) is 0 Å². The van der Waals surface area contributed by atoms with Gasteiger partial charge in [-0.1, -0.05) is 23.5 Å². The molecule has 0 saturated carbocycles. The fourth-order valence-corrected chi connectivity index (χ4v) is 3.99. The molecule has 3 heterocycles. The molecule has 0 aliphatic heterocycles. The molecule has 0 spiro atoms. The number of benzene rings is 1. The number of thiazole rings is 1. The van der Waals surface area contributed by atoms with Crippen LogP contribution in [0.3, 0.4) is 0 Å². The molecule has 32 heavy (non-hydrogen) atoms. The molecule has 4 aromatic rings. The molecule has 1 aromatic carbocycles. The van der Waals surface area contributed by atoms with Crippen molar-refractivity contribution in [2.75, 3.05) is 11.9 Å². The summed E-state index contributed by atoms with van der Waals surface area (Å²) < 4.78 is 16.0. The van der Waals surface area contributed by atoms with Gasteiger partial charge in [0.05, 0.1) is 10.4 Å². The molecule has 0 fully saturated rings.